The molecule has 0 bridgehead atoms. The van der Waals surface area contributed by atoms with E-state index < -0.39 is 5.92 Å². The van der Waals surface area contributed by atoms with E-state index in [0.29, 0.717) is 16.5 Å². The summed E-state index contributed by atoms with van der Waals surface area (Å²) in [6, 6.07) is 13.5. The van der Waals surface area contributed by atoms with Crippen LogP contribution in [-0.2, 0) is 16.0 Å². The van der Waals surface area contributed by atoms with Crippen molar-refractivity contribution in [3.8, 4) is 11.3 Å². The molecule has 9 heteroatoms. The molecule has 0 saturated carbocycles. The third-order valence-electron chi connectivity index (χ3n) is 5.92. The Labute approximate surface area is 200 Å². The highest BCUT2D eigenvalue weighted by atomic mass is 35.5. The first kappa shape index (κ1) is 21.6. The van der Waals surface area contributed by atoms with Crippen molar-refractivity contribution >= 4 is 51.3 Å². The van der Waals surface area contributed by atoms with E-state index in [2.05, 4.69) is 22.3 Å². The summed E-state index contributed by atoms with van der Waals surface area (Å²) >= 11 is 7.43. The normalized spacial score (nSPS) is 16.0. The molecule has 2 amide bonds. The first-order chi connectivity index (χ1) is 15.9. The van der Waals surface area contributed by atoms with Crippen molar-refractivity contribution in [3.05, 3.63) is 64.0 Å². The molecule has 0 aliphatic carbocycles. The molecule has 0 spiro atoms. The van der Waals surface area contributed by atoms with Crippen molar-refractivity contribution in [1.82, 2.24) is 14.6 Å². The molecular weight excluding hydrogens is 458 g/mol. The van der Waals surface area contributed by atoms with Gasteiger partial charge in [0.15, 0.2) is 0 Å². The fourth-order valence-corrected chi connectivity index (χ4v) is 5.21. The molecular formula is C24H22ClN5O2S. The van der Waals surface area contributed by atoms with Crippen LogP contribution in [0.5, 0.6) is 0 Å². The minimum Gasteiger partial charge on any atom is -0.311 e. The maximum atomic E-state index is 13.0. The van der Waals surface area contributed by atoms with Gasteiger partial charge in [0, 0.05) is 34.6 Å². The molecule has 1 aliphatic rings. The average molecular weight is 480 g/mol. The summed E-state index contributed by atoms with van der Waals surface area (Å²) in [5, 5.41) is 9.91. The number of benzene rings is 2. The van der Waals surface area contributed by atoms with Gasteiger partial charge in [-0.1, -0.05) is 48.9 Å². The van der Waals surface area contributed by atoms with Gasteiger partial charge in [0.05, 0.1) is 11.6 Å². The van der Waals surface area contributed by atoms with Gasteiger partial charge in [-0.05, 0) is 36.6 Å². The lowest BCUT2D eigenvalue weighted by molar-refractivity contribution is -0.122. The highest BCUT2D eigenvalue weighted by Crippen LogP contribution is 2.32. The van der Waals surface area contributed by atoms with Gasteiger partial charge >= 0.3 is 0 Å². The van der Waals surface area contributed by atoms with Crippen molar-refractivity contribution in [1.29, 1.82) is 0 Å². The number of nitrogens with one attached hydrogen (secondary N) is 1. The van der Waals surface area contributed by atoms with Crippen LogP contribution in [0, 0.1) is 12.8 Å². The fraction of sp³-hybridized carbons (Fsp3) is 0.250. The number of carbonyl (C=O) groups excluding carboxylic acids is 2. The zero-order chi connectivity index (χ0) is 23.1. The predicted octanol–water partition coefficient (Wildman–Crippen LogP) is 4.97. The van der Waals surface area contributed by atoms with E-state index in [0.717, 1.165) is 34.5 Å². The minimum atomic E-state index is -0.459. The maximum Gasteiger partial charge on any atom is 0.250 e. The summed E-state index contributed by atoms with van der Waals surface area (Å²) in [5.41, 5.74) is 4.89. The molecule has 2 aromatic carbocycles. The van der Waals surface area contributed by atoms with Gasteiger partial charge in [0.2, 0.25) is 22.7 Å². The van der Waals surface area contributed by atoms with Crippen molar-refractivity contribution < 1.29 is 9.59 Å². The standard InChI is InChI=1S/C24H22ClN5O2S/c1-3-15-6-4-5-14(2)21(15)29-12-17(11-20(29)31)22(32)26-23-27-24-30(28-23)19(13-33-24)16-7-9-18(25)10-8-16/h4-10,13,17H,3,11-12H2,1-2H3,(H,26,28,32). The van der Waals surface area contributed by atoms with Crippen molar-refractivity contribution in [2.24, 2.45) is 5.92 Å². The monoisotopic (exact) mass is 479 g/mol. The molecule has 5 rings (SSSR count). The number of hydrogen-bond donors (Lipinski definition) is 1. The van der Waals surface area contributed by atoms with Gasteiger partial charge in [-0.3, -0.25) is 14.9 Å². The molecule has 0 radical (unpaired) electrons. The van der Waals surface area contributed by atoms with Gasteiger partial charge in [0.1, 0.15) is 0 Å². The van der Waals surface area contributed by atoms with Gasteiger partial charge in [0.25, 0.3) is 0 Å². The van der Waals surface area contributed by atoms with Crippen LogP contribution < -0.4 is 10.2 Å². The van der Waals surface area contributed by atoms with Gasteiger partial charge < -0.3 is 4.90 Å². The summed E-state index contributed by atoms with van der Waals surface area (Å²) in [6.45, 7) is 4.41. The molecule has 4 aromatic rings. The number of halogens is 1. The zero-order valence-electron chi connectivity index (χ0n) is 18.2. The van der Waals surface area contributed by atoms with Crippen LogP contribution in [-0.4, -0.2) is 33.0 Å². The molecule has 2 aromatic heterocycles. The highest BCUT2D eigenvalue weighted by Gasteiger charge is 2.36. The highest BCUT2D eigenvalue weighted by molar-refractivity contribution is 7.15. The van der Waals surface area contributed by atoms with Crippen LogP contribution in [0.25, 0.3) is 16.2 Å². The van der Waals surface area contributed by atoms with E-state index >= 15 is 0 Å². The second kappa shape index (κ2) is 8.61. The third-order valence-corrected chi connectivity index (χ3v) is 6.99. The Morgan fingerprint density at radius 2 is 2.03 bits per heavy atom. The first-order valence-corrected chi connectivity index (χ1v) is 12.0. The molecule has 168 valence electrons. The molecule has 1 atom stereocenters. The van der Waals surface area contributed by atoms with Crippen LogP contribution in [0.2, 0.25) is 5.02 Å². The summed E-state index contributed by atoms with van der Waals surface area (Å²) in [5.74, 6) is -0.510. The topological polar surface area (TPSA) is 79.6 Å². The van der Waals surface area contributed by atoms with Crippen LogP contribution in [0.4, 0.5) is 11.6 Å². The zero-order valence-corrected chi connectivity index (χ0v) is 19.8. The van der Waals surface area contributed by atoms with Crippen LogP contribution in [0.3, 0.4) is 0 Å². The largest absolute Gasteiger partial charge is 0.311 e. The number of hydrogen-bond acceptors (Lipinski definition) is 5. The number of para-hydroxylation sites is 1. The van der Waals surface area contributed by atoms with E-state index in [9.17, 15) is 9.59 Å². The van der Waals surface area contributed by atoms with Crippen LogP contribution in [0.15, 0.2) is 47.8 Å². The number of amides is 2. The number of thiazole rings is 1. The van der Waals surface area contributed by atoms with Gasteiger partial charge in [-0.2, -0.15) is 4.98 Å². The SMILES string of the molecule is CCc1cccc(C)c1N1CC(C(=O)Nc2nc3scc(-c4ccc(Cl)cc4)n3n2)CC1=O. The lowest BCUT2D eigenvalue weighted by Gasteiger charge is -2.22. The van der Waals surface area contributed by atoms with Crippen molar-refractivity contribution in [2.45, 2.75) is 26.7 Å². The van der Waals surface area contributed by atoms with Gasteiger partial charge in [-0.15, -0.1) is 16.4 Å². The lowest BCUT2D eigenvalue weighted by Crippen LogP contribution is -2.29. The molecule has 1 fully saturated rings. The number of anilines is 2. The predicted molar refractivity (Wildman–Crippen MR) is 131 cm³/mol. The molecule has 3 heterocycles. The number of aryl methyl sites for hydroxylation is 2. The fourth-order valence-electron chi connectivity index (χ4n) is 4.26. The molecule has 1 aliphatic heterocycles. The number of rotatable bonds is 5. The van der Waals surface area contributed by atoms with E-state index in [4.69, 9.17) is 11.6 Å². The summed E-state index contributed by atoms with van der Waals surface area (Å²) in [7, 11) is 0. The third kappa shape index (κ3) is 4.00. The smallest absolute Gasteiger partial charge is 0.250 e. The molecule has 7 nitrogen and oxygen atoms in total. The lowest BCUT2D eigenvalue weighted by atomic mass is 10.0. The quantitative estimate of drug-likeness (QED) is 0.438. The molecule has 1 unspecified atom stereocenters. The summed E-state index contributed by atoms with van der Waals surface area (Å²) in [6.07, 6.45) is 0.991. The Kier molecular flexibility index (Phi) is 5.64. The Balaban J connectivity index is 1.34. The van der Waals surface area contributed by atoms with Crippen molar-refractivity contribution in [2.75, 3.05) is 16.8 Å². The van der Waals surface area contributed by atoms with E-state index in [1.54, 1.807) is 9.42 Å². The molecule has 1 N–H and O–H groups in total. The Morgan fingerprint density at radius 3 is 2.79 bits per heavy atom. The first-order valence-electron chi connectivity index (χ1n) is 10.7. The average Bonchev–Trinajstić information content (AvgIpc) is 3.48. The van der Waals surface area contributed by atoms with Crippen LogP contribution in [0.1, 0.15) is 24.5 Å². The van der Waals surface area contributed by atoms with E-state index in [1.807, 2.05) is 54.8 Å². The number of fused-ring (bicyclic) bond motifs is 1. The van der Waals surface area contributed by atoms with Crippen LogP contribution >= 0.6 is 22.9 Å². The Bertz CT molecular complexity index is 1360. The molecule has 1 saturated heterocycles. The Hall–Kier alpha value is -3.23. The second-order valence-electron chi connectivity index (χ2n) is 8.09. The number of carbonyl (C=O) groups is 2. The van der Waals surface area contributed by atoms with Crippen molar-refractivity contribution in [3.63, 3.8) is 0 Å². The van der Waals surface area contributed by atoms with Gasteiger partial charge in [-0.25, -0.2) is 4.52 Å². The minimum absolute atomic E-state index is 0.0389. The number of aromatic nitrogens is 3. The van der Waals surface area contributed by atoms with E-state index in [-0.39, 0.29) is 24.2 Å². The summed E-state index contributed by atoms with van der Waals surface area (Å²) in [4.78, 5) is 32.6. The maximum absolute atomic E-state index is 13.0. The second-order valence-corrected chi connectivity index (χ2v) is 9.36. The summed E-state index contributed by atoms with van der Waals surface area (Å²) < 4.78 is 1.70. The molecule has 33 heavy (non-hydrogen) atoms. The Morgan fingerprint density at radius 1 is 1.24 bits per heavy atom. The number of nitrogens with zero attached hydrogens (tertiary/aromatic N) is 4. The van der Waals surface area contributed by atoms with E-state index in [1.165, 1.54) is 11.3 Å².